The second kappa shape index (κ2) is 8.57. The molecule has 0 aliphatic carbocycles. The van der Waals surface area contributed by atoms with Crippen LogP contribution in [0.4, 0.5) is 5.69 Å². The third-order valence-electron chi connectivity index (χ3n) is 4.59. The third kappa shape index (κ3) is 3.91. The molecule has 1 N–H and O–H groups in total. The molecule has 0 radical (unpaired) electrons. The molecule has 4 rings (SSSR count). The number of carbonyl (C=O) groups excluding carboxylic acids is 2. The molecule has 0 saturated heterocycles. The van der Waals surface area contributed by atoms with Crippen molar-refractivity contribution in [3.05, 3.63) is 78.6 Å². The lowest BCUT2D eigenvalue weighted by Crippen LogP contribution is -2.21. The number of fused-ring (bicyclic) bond motifs is 1. The van der Waals surface area contributed by atoms with Gasteiger partial charge in [0.2, 0.25) is 5.91 Å². The van der Waals surface area contributed by atoms with Gasteiger partial charge < -0.3 is 14.6 Å². The van der Waals surface area contributed by atoms with E-state index in [1.807, 2.05) is 41.0 Å². The zero-order chi connectivity index (χ0) is 20.9. The highest BCUT2D eigenvalue weighted by Crippen LogP contribution is 2.25. The first-order valence-electron chi connectivity index (χ1n) is 9.59. The molecule has 0 unspecified atom stereocenters. The number of nitrogens with one attached hydrogen (secondary N) is 1. The predicted molar refractivity (Wildman–Crippen MR) is 114 cm³/mol. The summed E-state index contributed by atoms with van der Waals surface area (Å²) in [6.45, 7) is 2.04. The molecule has 2 aromatic heterocycles. The summed E-state index contributed by atoms with van der Waals surface area (Å²) >= 11 is 0. The Hall–Kier alpha value is -4.00. The summed E-state index contributed by atoms with van der Waals surface area (Å²) in [6.07, 6.45) is 3.38. The quantitative estimate of drug-likeness (QED) is 0.496. The number of ether oxygens (including phenoxy) is 1. The van der Waals surface area contributed by atoms with Crippen LogP contribution in [0.1, 0.15) is 17.3 Å². The van der Waals surface area contributed by atoms with Gasteiger partial charge in [0.15, 0.2) is 0 Å². The summed E-state index contributed by atoms with van der Waals surface area (Å²) in [5, 5.41) is 2.83. The Bertz CT molecular complexity index is 1200. The number of nitrogens with zero attached hydrogens (tertiary/aromatic N) is 3. The van der Waals surface area contributed by atoms with Crippen LogP contribution in [0.25, 0.3) is 22.4 Å². The molecule has 150 valence electrons. The Balaban J connectivity index is 1.66. The Kier molecular flexibility index (Phi) is 5.52. The van der Waals surface area contributed by atoms with Crippen molar-refractivity contribution >= 4 is 28.6 Å². The van der Waals surface area contributed by atoms with E-state index in [2.05, 4.69) is 10.3 Å². The van der Waals surface area contributed by atoms with E-state index in [9.17, 15) is 9.59 Å². The second-order valence-electron chi connectivity index (χ2n) is 6.56. The summed E-state index contributed by atoms with van der Waals surface area (Å²) in [5.74, 6) is -0.0726. The van der Waals surface area contributed by atoms with Gasteiger partial charge in [-0.3, -0.25) is 9.78 Å². The molecule has 0 saturated carbocycles. The SMILES string of the molecule is CCOC(=O)c1ccccc1NC(=O)Cn1c(-c2ccncc2)nc2ccccc21. The molecule has 30 heavy (non-hydrogen) atoms. The van der Waals surface area contributed by atoms with Crippen molar-refractivity contribution in [3.8, 4) is 11.4 Å². The van der Waals surface area contributed by atoms with E-state index in [0.717, 1.165) is 16.6 Å². The summed E-state index contributed by atoms with van der Waals surface area (Å²) in [7, 11) is 0. The van der Waals surface area contributed by atoms with Gasteiger partial charge in [0, 0.05) is 18.0 Å². The number of pyridine rings is 1. The highest BCUT2D eigenvalue weighted by molar-refractivity contribution is 6.01. The van der Waals surface area contributed by atoms with Crippen LogP contribution in [0.3, 0.4) is 0 Å². The number of para-hydroxylation sites is 3. The zero-order valence-corrected chi connectivity index (χ0v) is 16.4. The van der Waals surface area contributed by atoms with Crippen molar-refractivity contribution in [1.29, 1.82) is 0 Å². The van der Waals surface area contributed by atoms with Crippen LogP contribution in [0, 0.1) is 0 Å². The molecule has 0 aliphatic heterocycles. The molecule has 0 atom stereocenters. The third-order valence-corrected chi connectivity index (χ3v) is 4.59. The monoisotopic (exact) mass is 400 g/mol. The first-order valence-corrected chi connectivity index (χ1v) is 9.59. The fourth-order valence-corrected chi connectivity index (χ4v) is 3.27. The lowest BCUT2D eigenvalue weighted by atomic mass is 10.2. The van der Waals surface area contributed by atoms with Gasteiger partial charge in [-0.15, -0.1) is 0 Å². The highest BCUT2D eigenvalue weighted by Gasteiger charge is 2.17. The smallest absolute Gasteiger partial charge is 0.340 e. The van der Waals surface area contributed by atoms with Gasteiger partial charge in [0.1, 0.15) is 12.4 Å². The van der Waals surface area contributed by atoms with E-state index in [1.165, 1.54) is 0 Å². The van der Waals surface area contributed by atoms with Gasteiger partial charge in [0.05, 0.1) is 28.9 Å². The number of esters is 1. The van der Waals surface area contributed by atoms with E-state index < -0.39 is 5.97 Å². The van der Waals surface area contributed by atoms with Crippen molar-refractivity contribution in [1.82, 2.24) is 14.5 Å². The number of hydrogen-bond acceptors (Lipinski definition) is 5. The largest absolute Gasteiger partial charge is 0.462 e. The number of carbonyl (C=O) groups is 2. The van der Waals surface area contributed by atoms with Crippen molar-refractivity contribution < 1.29 is 14.3 Å². The van der Waals surface area contributed by atoms with Crippen LogP contribution in [-0.4, -0.2) is 33.0 Å². The lowest BCUT2D eigenvalue weighted by molar-refractivity contribution is -0.116. The molecule has 2 aromatic carbocycles. The van der Waals surface area contributed by atoms with Crippen molar-refractivity contribution in [3.63, 3.8) is 0 Å². The number of anilines is 1. The van der Waals surface area contributed by atoms with Crippen molar-refractivity contribution in [2.24, 2.45) is 0 Å². The van der Waals surface area contributed by atoms with Crippen LogP contribution >= 0.6 is 0 Å². The Morgan fingerprint density at radius 2 is 1.73 bits per heavy atom. The maximum Gasteiger partial charge on any atom is 0.340 e. The second-order valence-corrected chi connectivity index (χ2v) is 6.56. The van der Waals surface area contributed by atoms with Gasteiger partial charge in [-0.05, 0) is 43.3 Å². The Labute approximate surface area is 173 Å². The number of aromatic nitrogens is 3. The van der Waals surface area contributed by atoms with Gasteiger partial charge >= 0.3 is 5.97 Å². The van der Waals surface area contributed by atoms with Crippen LogP contribution < -0.4 is 5.32 Å². The number of hydrogen-bond donors (Lipinski definition) is 1. The van der Waals surface area contributed by atoms with E-state index >= 15 is 0 Å². The molecule has 0 bridgehead atoms. The number of rotatable bonds is 6. The standard InChI is InChI=1S/C23H20N4O3/c1-2-30-23(29)17-7-3-4-8-18(17)25-21(28)15-27-20-10-6-5-9-19(20)26-22(27)16-11-13-24-14-12-16/h3-14H,2,15H2,1H3,(H,25,28). The zero-order valence-electron chi connectivity index (χ0n) is 16.4. The summed E-state index contributed by atoms with van der Waals surface area (Å²) in [6, 6.07) is 18.1. The summed E-state index contributed by atoms with van der Waals surface area (Å²) in [5.41, 5.74) is 3.23. The van der Waals surface area contributed by atoms with Crippen LogP contribution in [0.5, 0.6) is 0 Å². The molecular weight excluding hydrogens is 380 g/mol. The molecule has 0 spiro atoms. The molecule has 4 aromatic rings. The predicted octanol–water partition coefficient (Wildman–Crippen LogP) is 3.91. The molecule has 1 amide bonds. The maximum absolute atomic E-state index is 12.9. The Morgan fingerprint density at radius 1 is 1.00 bits per heavy atom. The molecule has 2 heterocycles. The van der Waals surface area contributed by atoms with Crippen LogP contribution in [-0.2, 0) is 16.1 Å². The summed E-state index contributed by atoms with van der Waals surface area (Å²) < 4.78 is 6.93. The van der Waals surface area contributed by atoms with Gasteiger partial charge in [-0.25, -0.2) is 9.78 Å². The molecule has 7 heteroatoms. The minimum Gasteiger partial charge on any atom is -0.462 e. The minimum absolute atomic E-state index is 0.0370. The van der Waals surface area contributed by atoms with Crippen LogP contribution in [0.2, 0.25) is 0 Å². The van der Waals surface area contributed by atoms with E-state index in [-0.39, 0.29) is 19.1 Å². The van der Waals surface area contributed by atoms with Gasteiger partial charge in [0.25, 0.3) is 0 Å². The maximum atomic E-state index is 12.9. The number of benzene rings is 2. The average Bonchev–Trinajstić information content (AvgIpc) is 3.13. The first-order chi connectivity index (χ1) is 14.7. The minimum atomic E-state index is -0.473. The van der Waals surface area contributed by atoms with Crippen LogP contribution in [0.15, 0.2) is 73.1 Å². The average molecular weight is 400 g/mol. The van der Waals surface area contributed by atoms with Crippen molar-refractivity contribution in [2.75, 3.05) is 11.9 Å². The first kappa shape index (κ1) is 19.3. The molecule has 0 fully saturated rings. The highest BCUT2D eigenvalue weighted by atomic mass is 16.5. The fraction of sp³-hybridized carbons (Fsp3) is 0.130. The van der Waals surface area contributed by atoms with Gasteiger partial charge in [-0.2, -0.15) is 0 Å². The Morgan fingerprint density at radius 3 is 2.53 bits per heavy atom. The molecule has 7 nitrogen and oxygen atoms in total. The van der Waals surface area contributed by atoms with Crippen molar-refractivity contribution in [2.45, 2.75) is 13.5 Å². The lowest BCUT2D eigenvalue weighted by Gasteiger charge is -2.12. The van der Waals surface area contributed by atoms with Gasteiger partial charge in [-0.1, -0.05) is 24.3 Å². The van der Waals surface area contributed by atoms with E-state index in [4.69, 9.17) is 9.72 Å². The molecular formula is C23H20N4O3. The number of imidazole rings is 1. The van der Waals surface area contributed by atoms with E-state index in [0.29, 0.717) is 17.1 Å². The topological polar surface area (TPSA) is 86.1 Å². The molecule has 0 aliphatic rings. The normalized spacial score (nSPS) is 10.7. The van der Waals surface area contributed by atoms with E-state index in [1.54, 1.807) is 43.6 Å². The summed E-state index contributed by atoms with van der Waals surface area (Å²) in [4.78, 5) is 33.8. The number of amides is 1. The fourth-order valence-electron chi connectivity index (χ4n) is 3.27.